The third-order valence-electron chi connectivity index (χ3n) is 4.00. The van der Waals surface area contributed by atoms with E-state index in [4.69, 9.17) is 4.74 Å². The monoisotopic (exact) mass is 332 g/mol. The number of nitrogens with zero attached hydrogens (tertiary/aromatic N) is 3. The zero-order valence-electron chi connectivity index (χ0n) is 13.7. The van der Waals surface area contributed by atoms with Gasteiger partial charge in [0, 0.05) is 11.5 Å². The Morgan fingerprint density at radius 3 is 2.92 bits per heavy atom. The lowest BCUT2D eigenvalue weighted by Crippen LogP contribution is -2.35. The molecule has 0 bridgehead atoms. The highest BCUT2D eigenvalue weighted by atomic mass is 16.5. The first-order valence-electron chi connectivity index (χ1n) is 7.88. The highest BCUT2D eigenvalue weighted by Gasteiger charge is 2.26. The van der Waals surface area contributed by atoms with E-state index in [1.807, 2.05) is 48.2 Å². The number of aromatic nitrogens is 2. The molecule has 0 saturated carbocycles. The molecule has 25 heavy (non-hydrogen) atoms. The van der Waals surface area contributed by atoms with Crippen molar-refractivity contribution in [3.63, 3.8) is 0 Å². The number of rotatable bonds is 3. The molecular weight excluding hydrogens is 316 g/mol. The molecule has 6 nitrogen and oxygen atoms in total. The van der Waals surface area contributed by atoms with Gasteiger partial charge in [-0.3, -0.25) is 4.79 Å². The molecule has 0 fully saturated rings. The van der Waals surface area contributed by atoms with Crippen LogP contribution in [0.3, 0.4) is 0 Å². The second kappa shape index (κ2) is 5.90. The summed E-state index contributed by atoms with van der Waals surface area (Å²) in [6.45, 7) is 5.59. The molecule has 1 aromatic heterocycles. The molecule has 0 aliphatic carbocycles. The summed E-state index contributed by atoms with van der Waals surface area (Å²) in [4.78, 5) is 23.2. The van der Waals surface area contributed by atoms with E-state index in [1.54, 1.807) is 6.07 Å². The molecule has 1 aliphatic heterocycles. The molecule has 2 aromatic carbocycles. The zero-order valence-corrected chi connectivity index (χ0v) is 13.7. The van der Waals surface area contributed by atoms with Crippen LogP contribution in [0.25, 0.3) is 10.9 Å². The van der Waals surface area contributed by atoms with Crippen molar-refractivity contribution in [3.8, 4) is 5.75 Å². The third-order valence-corrected chi connectivity index (χ3v) is 4.00. The van der Waals surface area contributed by atoms with Gasteiger partial charge >= 0.3 is 0 Å². The second-order valence-electron chi connectivity index (χ2n) is 5.71. The van der Waals surface area contributed by atoms with Crippen molar-refractivity contribution in [1.29, 1.82) is 0 Å². The van der Waals surface area contributed by atoms with Gasteiger partial charge in [-0.15, -0.1) is 0 Å². The standard InChI is InChI=1S/C19H16N4O2/c1-3-25-13-8-9-17-16(10-13)22-18(24)11-23(17)19-14-6-4-5-7-15(14)20-12(2)21-19/h3-10H,1,11H2,2H3,(H,22,24). The molecule has 0 spiro atoms. The number of hydrogen-bond donors (Lipinski definition) is 1. The molecule has 1 N–H and O–H groups in total. The summed E-state index contributed by atoms with van der Waals surface area (Å²) in [7, 11) is 0. The zero-order chi connectivity index (χ0) is 17.4. The van der Waals surface area contributed by atoms with Crippen molar-refractivity contribution < 1.29 is 9.53 Å². The predicted octanol–water partition coefficient (Wildman–Crippen LogP) is 3.55. The lowest BCUT2D eigenvalue weighted by Gasteiger charge is -2.31. The van der Waals surface area contributed by atoms with Crippen molar-refractivity contribution in [3.05, 3.63) is 61.1 Å². The molecule has 1 amide bonds. The van der Waals surface area contributed by atoms with Gasteiger partial charge in [-0.25, -0.2) is 9.97 Å². The van der Waals surface area contributed by atoms with Crippen LogP contribution in [0, 0.1) is 6.92 Å². The Balaban J connectivity index is 1.90. The summed E-state index contributed by atoms with van der Waals surface area (Å²) in [5.41, 5.74) is 2.39. The summed E-state index contributed by atoms with van der Waals surface area (Å²) in [6, 6.07) is 13.3. The van der Waals surface area contributed by atoms with Crippen LogP contribution >= 0.6 is 0 Å². The van der Waals surface area contributed by atoms with E-state index in [0.29, 0.717) is 17.3 Å². The van der Waals surface area contributed by atoms with Gasteiger partial charge in [0.1, 0.15) is 23.9 Å². The highest BCUT2D eigenvalue weighted by molar-refractivity contribution is 6.05. The molecule has 6 heteroatoms. The summed E-state index contributed by atoms with van der Waals surface area (Å²) in [6.07, 6.45) is 1.35. The average Bonchev–Trinajstić information content (AvgIpc) is 2.60. The molecule has 1 aliphatic rings. The van der Waals surface area contributed by atoms with Gasteiger partial charge in [-0.05, 0) is 31.2 Å². The van der Waals surface area contributed by atoms with Gasteiger partial charge in [-0.2, -0.15) is 0 Å². The molecule has 4 rings (SSSR count). The number of fused-ring (bicyclic) bond motifs is 2. The Hall–Kier alpha value is -3.41. The Morgan fingerprint density at radius 1 is 1.24 bits per heavy atom. The van der Waals surface area contributed by atoms with E-state index in [1.165, 1.54) is 6.26 Å². The minimum atomic E-state index is -0.108. The number of amides is 1. The van der Waals surface area contributed by atoms with Gasteiger partial charge in [0.2, 0.25) is 5.91 Å². The van der Waals surface area contributed by atoms with Crippen LogP contribution in [0.4, 0.5) is 17.2 Å². The Bertz CT molecular complexity index is 1000. The number of para-hydroxylation sites is 1. The smallest absolute Gasteiger partial charge is 0.244 e. The van der Waals surface area contributed by atoms with Gasteiger partial charge < -0.3 is 15.0 Å². The Morgan fingerprint density at radius 2 is 2.08 bits per heavy atom. The quantitative estimate of drug-likeness (QED) is 0.743. The lowest BCUT2D eigenvalue weighted by atomic mass is 10.1. The molecule has 0 saturated heterocycles. The summed E-state index contributed by atoms with van der Waals surface area (Å²) >= 11 is 0. The third kappa shape index (κ3) is 2.67. The number of nitrogens with one attached hydrogen (secondary N) is 1. The van der Waals surface area contributed by atoms with Gasteiger partial charge in [0.25, 0.3) is 0 Å². The first kappa shape index (κ1) is 15.1. The minimum Gasteiger partial charge on any atom is -0.466 e. The minimum absolute atomic E-state index is 0.108. The molecule has 0 atom stereocenters. The van der Waals surface area contributed by atoms with E-state index < -0.39 is 0 Å². The van der Waals surface area contributed by atoms with E-state index >= 15 is 0 Å². The molecule has 3 aromatic rings. The van der Waals surface area contributed by atoms with Crippen LogP contribution in [0.15, 0.2) is 55.3 Å². The molecular formula is C19H16N4O2. The average molecular weight is 332 g/mol. The van der Waals surface area contributed by atoms with E-state index in [9.17, 15) is 4.79 Å². The molecule has 2 heterocycles. The molecule has 0 unspecified atom stereocenters. The molecule has 124 valence electrons. The van der Waals surface area contributed by atoms with Crippen LogP contribution in [-0.2, 0) is 4.79 Å². The van der Waals surface area contributed by atoms with Gasteiger partial charge in [0.05, 0.1) is 23.2 Å². The number of ether oxygens (including phenoxy) is 1. The van der Waals surface area contributed by atoms with Crippen molar-refractivity contribution in [2.75, 3.05) is 16.8 Å². The lowest BCUT2D eigenvalue weighted by molar-refractivity contribution is -0.115. The summed E-state index contributed by atoms with van der Waals surface area (Å²) in [5, 5.41) is 3.79. The fourth-order valence-corrected chi connectivity index (χ4v) is 3.01. The first-order valence-corrected chi connectivity index (χ1v) is 7.88. The molecule has 0 radical (unpaired) electrons. The van der Waals surface area contributed by atoms with E-state index in [-0.39, 0.29) is 12.5 Å². The maximum absolute atomic E-state index is 12.2. The second-order valence-corrected chi connectivity index (χ2v) is 5.71. The van der Waals surface area contributed by atoms with Crippen LogP contribution in [0.2, 0.25) is 0 Å². The van der Waals surface area contributed by atoms with Crippen molar-refractivity contribution in [1.82, 2.24) is 9.97 Å². The fraction of sp³-hybridized carbons (Fsp3) is 0.105. The highest BCUT2D eigenvalue weighted by Crippen LogP contribution is 2.38. The summed E-state index contributed by atoms with van der Waals surface area (Å²) < 4.78 is 5.31. The fourth-order valence-electron chi connectivity index (χ4n) is 3.01. The number of aryl methyl sites for hydroxylation is 1. The number of carbonyl (C=O) groups is 1. The van der Waals surface area contributed by atoms with Crippen LogP contribution in [0.5, 0.6) is 5.75 Å². The Kier molecular flexibility index (Phi) is 3.57. The van der Waals surface area contributed by atoms with Gasteiger partial charge in [-0.1, -0.05) is 18.7 Å². The van der Waals surface area contributed by atoms with Crippen molar-refractivity contribution in [2.24, 2.45) is 0 Å². The van der Waals surface area contributed by atoms with Crippen LogP contribution in [0.1, 0.15) is 5.82 Å². The number of carbonyl (C=O) groups excluding carboxylic acids is 1. The van der Waals surface area contributed by atoms with Crippen molar-refractivity contribution in [2.45, 2.75) is 6.92 Å². The topological polar surface area (TPSA) is 67.3 Å². The summed E-state index contributed by atoms with van der Waals surface area (Å²) in [5.74, 6) is 1.88. The SMILES string of the molecule is C=COc1ccc2c(c1)NC(=O)CN2c1nc(C)nc2ccccc12. The van der Waals surface area contributed by atoms with Gasteiger partial charge in [0.15, 0.2) is 0 Å². The largest absolute Gasteiger partial charge is 0.466 e. The van der Waals surface area contributed by atoms with Crippen molar-refractivity contribution >= 4 is 34.0 Å². The first-order chi connectivity index (χ1) is 12.2. The maximum atomic E-state index is 12.2. The number of anilines is 3. The normalized spacial score (nSPS) is 13.3. The predicted molar refractivity (Wildman–Crippen MR) is 97.2 cm³/mol. The maximum Gasteiger partial charge on any atom is 0.244 e. The number of hydrogen-bond acceptors (Lipinski definition) is 5. The van der Waals surface area contributed by atoms with E-state index in [2.05, 4.69) is 21.9 Å². The Labute approximate surface area is 144 Å². The van der Waals surface area contributed by atoms with Crippen LogP contribution < -0.4 is 15.0 Å². The van der Waals surface area contributed by atoms with E-state index in [0.717, 1.165) is 22.4 Å². The number of benzene rings is 2. The van der Waals surface area contributed by atoms with Crippen LogP contribution in [-0.4, -0.2) is 22.4 Å².